The van der Waals surface area contributed by atoms with Crippen LogP contribution in [0.2, 0.25) is 0 Å². The maximum Gasteiger partial charge on any atom is 0.165 e. The molecule has 27 heavy (non-hydrogen) atoms. The molecule has 3 aromatic rings. The van der Waals surface area contributed by atoms with E-state index in [2.05, 4.69) is 83.4 Å². The van der Waals surface area contributed by atoms with Crippen molar-refractivity contribution in [2.75, 3.05) is 5.32 Å². The van der Waals surface area contributed by atoms with Gasteiger partial charge < -0.3 is 5.32 Å². The fourth-order valence-electron chi connectivity index (χ4n) is 3.03. The van der Waals surface area contributed by atoms with E-state index in [9.17, 15) is 4.79 Å². The zero-order valence-electron chi connectivity index (χ0n) is 15.7. The van der Waals surface area contributed by atoms with Crippen molar-refractivity contribution in [3.05, 3.63) is 98.6 Å². The Morgan fingerprint density at radius 3 is 2.15 bits per heavy atom. The second-order valence-corrected chi connectivity index (χ2v) is 8.04. The number of hydrogen-bond acceptors (Lipinski definition) is 2. The summed E-state index contributed by atoms with van der Waals surface area (Å²) in [4.78, 5) is 12.9. The van der Waals surface area contributed by atoms with Gasteiger partial charge in [-0.3, -0.25) is 4.79 Å². The summed E-state index contributed by atoms with van der Waals surface area (Å²) in [5, 5.41) is 3.55. The maximum absolute atomic E-state index is 12.9. The van der Waals surface area contributed by atoms with E-state index in [1.165, 1.54) is 9.13 Å². The summed E-state index contributed by atoms with van der Waals surface area (Å²) in [5.41, 5.74) is 5.39. The number of Topliss-reactive ketones (excluding diaryl/α,β-unsaturated/α-hetero) is 1. The first-order valence-corrected chi connectivity index (χ1v) is 10.3. The number of anilines is 1. The van der Waals surface area contributed by atoms with Crippen LogP contribution in [0.4, 0.5) is 5.69 Å². The summed E-state index contributed by atoms with van der Waals surface area (Å²) in [5.74, 6) is 0.149. The molecule has 0 amide bonds. The molecule has 1 atom stereocenters. The first-order valence-electron chi connectivity index (χ1n) is 9.26. The number of rotatable bonds is 7. The van der Waals surface area contributed by atoms with Crippen LogP contribution in [0.5, 0.6) is 0 Å². The third-order valence-electron chi connectivity index (χ3n) is 4.74. The van der Waals surface area contributed by atoms with Crippen LogP contribution in [-0.4, -0.2) is 5.78 Å². The molecule has 0 saturated heterocycles. The average molecular weight is 469 g/mol. The smallest absolute Gasteiger partial charge is 0.165 e. The molecule has 0 aliphatic rings. The minimum absolute atomic E-state index is 0.0664. The molecule has 0 fully saturated rings. The van der Waals surface area contributed by atoms with Gasteiger partial charge in [-0.2, -0.15) is 0 Å². The monoisotopic (exact) mass is 469 g/mol. The standard InChI is InChI=1S/C24H24INO/c1-3-18-6-14-22(15-7-18)26-23(19-10-12-21(25)13-11-19)16-24(27)20-8-4-17(2)5-9-20/h4-15,23,26H,3,16H2,1-2H3. The van der Waals surface area contributed by atoms with E-state index >= 15 is 0 Å². The van der Waals surface area contributed by atoms with E-state index in [1.54, 1.807) is 0 Å². The van der Waals surface area contributed by atoms with Gasteiger partial charge in [0.05, 0.1) is 6.04 Å². The Bertz CT molecular complexity index is 883. The molecule has 0 spiro atoms. The number of benzene rings is 3. The van der Waals surface area contributed by atoms with Crippen LogP contribution in [0.1, 0.15) is 46.4 Å². The van der Waals surface area contributed by atoms with E-state index < -0.39 is 0 Å². The van der Waals surface area contributed by atoms with Crippen LogP contribution in [0.3, 0.4) is 0 Å². The highest BCUT2D eigenvalue weighted by Crippen LogP contribution is 2.26. The predicted octanol–water partition coefficient (Wildman–Crippen LogP) is 6.59. The Kier molecular flexibility index (Phi) is 6.67. The van der Waals surface area contributed by atoms with Crippen LogP contribution in [0.15, 0.2) is 72.8 Å². The summed E-state index contributed by atoms with van der Waals surface area (Å²) >= 11 is 2.30. The predicted molar refractivity (Wildman–Crippen MR) is 121 cm³/mol. The van der Waals surface area contributed by atoms with E-state index in [4.69, 9.17) is 0 Å². The Labute approximate surface area is 175 Å². The molecule has 3 rings (SSSR count). The number of hydrogen-bond donors (Lipinski definition) is 1. The van der Waals surface area contributed by atoms with E-state index in [1.807, 2.05) is 31.2 Å². The molecule has 0 aliphatic carbocycles. The van der Waals surface area contributed by atoms with Crippen molar-refractivity contribution in [1.82, 2.24) is 0 Å². The van der Waals surface area contributed by atoms with Gasteiger partial charge in [-0.25, -0.2) is 0 Å². The molecule has 1 N–H and O–H groups in total. The van der Waals surface area contributed by atoms with Crippen molar-refractivity contribution < 1.29 is 4.79 Å². The van der Waals surface area contributed by atoms with Gasteiger partial charge in [-0.15, -0.1) is 0 Å². The van der Waals surface area contributed by atoms with Crippen LogP contribution >= 0.6 is 22.6 Å². The molecule has 1 unspecified atom stereocenters. The largest absolute Gasteiger partial charge is 0.378 e. The summed E-state index contributed by atoms with van der Waals surface area (Å²) in [6.45, 7) is 4.18. The lowest BCUT2D eigenvalue weighted by Gasteiger charge is -2.20. The molecule has 0 heterocycles. The third-order valence-corrected chi connectivity index (χ3v) is 5.46. The highest BCUT2D eigenvalue weighted by Gasteiger charge is 2.17. The van der Waals surface area contributed by atoms with Crippen molar-refractivity contribution in [2.24, 2.45) is 0 Å². The topological polar surface area (TPSA) is 29.1 Å². The summed E-state index contributed by atoms with van der Waals surface area (Å²) in [6, 6.07) is 24.6. The lowest BCUT2D eigenvalue weighted by atomic mass is 9.97. The highest BCUT2D eigenvalue weighted by atomic mass is 127. The molecule has 2 nitrogen and oxygen atoms in total. The van der Waals surface area contributed by atoms with Crippen LogP contribution in [0.25, 0.3) is 0 Å². The Balaban J connectivity index is 1.83. The molecule has 0 saturated carbocycles. The van der Waals surface area contributed by atoms with E-state index in [-0.39, 0.29) is 11.8 Å². The number of nitrogens with one attached hydrogen (secondary N) is 1. The highest BCUT2D eigenvalue weighted by molar-refractivity contribution is 14.1. The van der Waals surface area contributed by atoms with Gasteiger partial charge >= 0.3 is 0 Å². The number of halogens is 1. The van der Waals surface area contributed by atoms with E-state index in [0.717, 1.165) is 28.8 Å². The van der Waals surface area contributed by atoms with E-state index in [0.29, 0.717) is 6.42 Å². The van der Waals surface area contributed by atoms with Gasteiger partial charge in [0.2, 0.25) is 0 Å². The van der Waals surface area contributed by atoms with Crippen LogP contribution in [0, 0.1) is 10.5 Å². The van der Waals surface area contributed by atoms with Crippen molar-refractivity contribution in [3.63, 3.8) is 0 Å². The quantitative estimate of drug-likeness (QED) is 0.313. The maximum atomic E-state index is 12.9. The second kappa shape index (κ2) is 9.18. The minimum Gasteiger partial charge on any atom is -0.378 e. The first-order chi connectivity index (χ1) is 13.0. The lowest BCUT2D eigenvalue weighted by Crippen LogP contribution is -2.16. The molecule has 138 valence electrons. The second-order valence-electron chi connectivity index (χ2n) is 6.79. The van der Waals surface area contributed by atoms with Crippen molar-refractivity contribution >= 4 is 34.1 Å². The summed E-state index contributed by atoms with van der Waals surface area (Å²) in [7, 11) is 0. The minimum atomic E-state index is -0.0664. The SMILES string of the molecule is CCc1ccc(NC(CC(=O)c2ccc(C)cc2)c2ccc(I)cc2)cc1. The molecule has 0 aliphatic heterocycles. The molecular weight excluding hydrogens is 445 g/mol. The Morgan fingerprint density at radius 2 is 1.56 bits per heavy atom. The molecule has 3 heteroatoms. The zero-order valence-corrected chi connectivity index (χ0v) is 17.9. The lowest BCUT2D eigenvalue weighted by molar-refractivity contribution is 0.0976. The van der Waals surface area contributed by atoms with Crippen molar-refractivity contribution in [3.8, 4) is 0 Å². The normalized spacial score (nSPS) is 11.8. The molecule has 0 bridgehead atoms. The fourth-order valence-corrected chi connectivity index (χ4v) is 3.39. The number of carbonyl (C=O) groups excluding carboxylic acids is 1. The fraction of sp³-hybridized carbons (Fsp3) is 0.208. The molecule has 3 aromatic carbocycles. The molecule has 0 aromatic heterocycles. The van der Waals surface area contributed by atoms with Crippen molar-refractivity contribution in [2.45, 2.75) is 32.7 Å². The molecule has 0 radical (unpaired) electrons. The summed E-state index contributed by atoms with van der Waals surface area (Å²) in [6.07, 6.45) is 1.44. The van der Waals surface area contributed by atoms with Gasteiger partial charge in [-0.05, 0) is 71.3 Å². The Morgan fingerprint density at radius 1 is 0.926 bits per heavy atom. The van der Waals surface area contributed by atoms with Gasteiger partial charge in [-0.1, -0.05) is 61.0 Å². The molecular formula is C24H24INO. The van der Waals surface area contributed by atoms with Crippen LogP contribution < -0.4 is 5.32 Å². The first kappa shape index (κ1) is 19.6. The van der Waals surface area contributed by atoms with Gasteiger partial charge in [0.1, 0.15) is 0 Å². The number of carbonyl (C=O) groups is 1. The van der Waals surface area contributed by atoms with Crippen molar-refractivity contribution in [1.29, 1.82) is 0 Å². The number of aryl methyl sites for hydroxylation is 2. The number of ketones is 1. The third kappa shape index (κ3) is 5.42. The van der Waals surface area contributed by atoms with Gasteiger partial charge in [0.25, 0.3) is 0 Å². The van der Waals surface area contributed by atoms with Gasteiger partial charge in [0, 0.05) is 21.2 Å². The zero-order chi connectivity index (χ0) is 19.2. The van der Waals surface area contributed by atoms with Crippen LogP contribution in [-0.2, 0) is 6.42 Å². The summed E-state index contributed by atoms with van der Waals surface area (Å²) < 4.78 is 1.19. The average Bonchev–Trinajstić information content (AvgIpc) is 2.69. The van der Waals surface area contributed by atoms with Gasteiger partial charge in [0.15, 0.2) is 5.78 Å². The Hall–Kier alpha value is -2.14.